The quantitative estimate of drug-likeness (QED) is 0.931. The lowest BCUT2D eigenvalue weighted by atomic mass is 10.2. The Bertz CT molecular complexity index is 613. The molecule has 2 rings (SSSR count). The van der Waals surface area contributed by atoms with Gasteiger partial charge >= 0.3 is 5.97 Å². The number of hydrogen-bond acceptors (Lipinski definition) is 3. The normalized spacial score (nSPS) is 10.2. The van der Waals surface area contributed by atoms with Crippen molar-refractivity contribution in [1.29, 1.82) is 0 Å². The topological polar surface area (TPSA) is 59.4 Å². The average Bonchev–Trinajstić information content (AvgIpc) is 2.38. The molecule has 4 nitrogen and oxygen atoms in total. The highest BCUT2D eigenvalue weighted by atomic mass is 35.5. The smallest absolute Gasteiger partial charge is 0.354 e. The van der Waals surface area contributed by atoms with Gasteiger partial charge in [0.15, 0.2) is 0 Å². The van der Waals surface area contributed by atoms with E-state index in [1.54, 1.807) is 18.2 Å². The lowest BCUT2D eigenvalue weighted by molar-refractivity contribution is 0.0690. The number of aromatic nitrogens is 1. The van der Waals surface area contributed by atoms with Gasteiger partial charge in [0.1, 0.15) is 18.1 Å². The van der Waals surface area contributed by atoms with E-state index in [0.717, 1.165) is 16.9 Å². The number of halogens is 1. The maximum absolute atomic E-state index is 10.8. The molecule has 0 aliphatic rings. The number of ether oxygens (including phenoxy) is 1. The molecular formula is C14H12ClNO3. The van der Waals surface area contributed by atoms with Crippen molar-refractivity contribution in [1.82, 2.24) is 4.98 Å². The van der Waals surface area contributed by atoms with Crippen LogP contribution in [0.25, 0.3) is 0 Å². The Balaban J connectivity index is 2.10. The number of pyridine rings is 1. The Hall–Kier alpha value is -2.07. The van der Waals surface area contributed by atoms with Gasteiger partial charge in [-0.3, -0.25) is 0 Å². The lowest BCUT2D eigenvalue weighted by Gasteiger charge is -2.09. The van der Waals surface area contributed by atoms with Crippen molar-refractivity contribution in [2.45, 2.75) is 13.5 Å². The van der Waals surface area contributed by atoms with E-state index >= 15 is 0 Å². The molecule has 0 aliphatic carbocycles. The summed E-state index contributed by atoms with van der Waals surface area (Å²) < 4.78 is 5.63. The van der Waals surface area contributed by atoms with Crippen LogP contribution in [0, 0.1) is 6.92 Å². The zero-order chi connectivity index (χ0) is 13.8. The fourth-order valence-corrected chi connectivity index (χ4v) is 1.84. The van der Waals surface area contributed by atoms with E-state index in [4.69, 9.17) is 21.4 Å². The summed E-state index contributed by atoms with van der Waals surface area (Å²) in [5, 5.41) is 9.51. The number of hydrogen-bond donors (Lipinski definition) is 1. The third-order valence-corrected chi connectivity index (χ3v) is 2.81. The maximum atomic E-state index is 10.8. The van der Waals surface area contributed by atoms with Crippen LogP contribution in [0.2, 0.25) is 5.02 Å². The first kappa shape index (κ1) is 13.4. The predicted octanol–water partition coefficient (Wildman–Crippen LogP) is 3.32. The zero-order valence-electron chi connectivity index (χ0n) is 10.3. The van der Waals surface area contributed by atoms with E-state index in [0.29, 0.717) is 5.02 Å². The molecule has 0 fully saturated rings. The number of aryl methyl sites for hydroxylation is 1. The van der Waals surface area contributed by atoms with Gasteiger partial charge in [-0.1, -0.05) is 11.6 Å². The second kappa shape index (κ2) is 5.71. The molecule has 5 heteroatoms. The molecule has 0 aliphatic heterocycles. The lowest BCUT2D eigenvalue weighted by Crippen LogP contribution is -2.03. The van der Waals surface area contributed by atoms with Gasteiger partial charge in [0.25, 0.3) is 0 Å². The molecule has 0 saturated heterocycles. The molecule has 1 aromatic carbocycles. The van der Waals surface area contributed by atoms with Gasteiger partial charge in [0.2, 0.25) is 0 Å². The highest BCUT2D eigenvalue weighted by molar-refractivity contribution is 6.30. The van der Waals surface area contributed by atoms with Crippen molar-refractivity contribution in [3.63, 3.8) is 0 Å². The Kier molecular flexibility index (Phi) is 4.02. The van der Waals surface area contributed by atoms with E-state index in [1.807, 2.05) is 13.0 Å². The van der Waals surface area contributed by atoms with Crippen molar-refractivity contribution in [2.75, 3.05) is 0 Å². The van der Waals surface area contributed by atoms with E-state index in [9.17, 15) is 4.79 Å². The first-order valence-corrected chi connectivity index (χ1v) is 6.01. The molecule has 0 atom stereocenters. The third kappa shape index (κ3) is 3.45. The van der Waals surface area contributed by atoms with Gasteiger partial charge in [0.05, 0.1) is 0 Å². The summed E-state index contributed by atoms with van der Waals surface area (Å²) in [4.78, 5) is 14.6. The molecule has 2 aromatic rings. The van der Waals surface area contributed by atoms with Crippen LogP contribution in [0.4, 0.5) is 0 Å². The summed E-state index contributed by atoms with van der Waals surface area (Å²) in [5.41, 5.74) is 1.69. The summed E-state index contributed by atoms with van der Waals surface area (Å²) in [6, 6.07) is 8.56. The number of aromatic carboxylic acids is 1. The molecule has 1 heterocycles. The average molecular weight is 278 g/mol. The molecule has 0 radical (unpaired) electrons. The highest BCUT2D eigenvalue weighted by Crippen LogP contribution is 2.22. The summed E-state index contributed by atoms with van der Waals surface area (Å²) >= 11 is 5.86. The van der Waals surface area contributed by atoms with Crippen LogP contribution >= 0.6 is 11.6 Å². The Morgan fingerprint density at radius 1 is 1.37 bits per heavy atom. The minimum Gasteiger partial charge on any atom is -0.489 e. The molecule has 0 spiro atoms. The van der Waals surface area contributed by atoms with Gasteiger partial charge in [-0.2, -0.15) is 0 Å². The number of rotatable bonds is 4. The Labute approximate surface area is 115 Å². The molecule has 1 N–H and O–H groups in total. The van der Waals surface area contributed by atoms with Crippen molar-refractivity contribution in [3.05, 3.63) is 58.4 Å². The number of carboxylic acids is 1. The van der Waals surface area contributed by atoms with Gasteiger partial charge in [0, 0.05) is 11.2 Å². The van der Waals surface area contributed by atoms with Gasteiger partial charge in [-0.15, -0.1) is 0 Å². The maximum Gasteiger partial charge on any atom is 0.354 e. The molecule has 1 aromatic heterocycles. The summed E-state index contributed by atoms with van der Waals surface area (Å²) in [6.45, 7) is 2.18. The van der Waals surface area contributed by atoms with Crippen LogP contribution in [0.1, 0.15) is 21.6 Å². The Morgan fingerprint density at radius 2 is 2.16 bits per heavy atom. The number of carbonyl (C=O) groups is 1. The predicted molar refractivity (Wildman–Crippen MR) is 71.7 cm³/mol. The van der Waals surface area contributed by atoms with Gasteiger partial charge in [-0.05, 0) is 48.4 Å². The molecular weight excluding hydrogens is 266 g/mol. The van der Waals surface area contributed by atoms with Crippen LogP contribution in [0.5, 0.6) is 5.75 Å². The minimum absolute atomic E-state index is 0.00827. The highest BCUT2D eigenvalue weighted by Gasteiger charge is 2.06. The van der Waals surface area contributed by atoms with Crippen molar-refractivity contribution in [3.8, 4) is 5.75 Å². The van der Waals surface area contributed by atoms with Gasteiger partial charge in [-0.25, -0.2) is 9.78 Å². The first-order chi connectivity index (χ1) is 9.06. The fraction of sp³-hybridized carbons (Fsp3) is 0.143. The minimum atomic E-state index is -1.05. The van der Waals surface area contributed by atoms with Crippen LogP contribution in [-0.4, -0.2) is 16.1 Å². The monoisotopic (exact) mass is 277 g/mol. The summed E-state index contributed by atoms with van der Waals surface area (Å²) in [7, 11) is 0. The number of carboxylic acid groups (broad SMARTS) is 1. The van der Waals surface area contributed by atoms with E-state index in [1.165, 1.54) is 12.3 Å². The molecule has 0 bridgehead atoms. The van der Waals surface area contributed by atoms with E-state index in [2.05, 4.69) is 4.98 Å². The van der Waals surface area contributed by atoms with Crippen LogP contribution < -0.4 is 4.74 Å². The second-order valence-corrected chi connectivity index (χ2v) is 4.49. The summed E-state index contributed by atoms with van der Waals surface area (Å²) in [6.07, 6.45) is 1.46. The van der Waals surface area contributed by atoms with Crippen molar-refractivity contribution >= 4 is 17.6 Å². The molecule has 19 heavy (non-hydrogen) atoms. The molecule has 0 amide bonds. The first-order valence-electron chi connectivity index (χ1n) is 5.63. The molecule has 0 saturated carbocycles. The van der Waals surface area contributed by atoms with Crippen LogP contribution in [0.15, 0.2) is 36.5 Å². The molecule has 0 unspecified atom stereocenters. The second-order valence-electron chi connectivity index (χ2n) is 4.05. The van der Waals surface area contributed by atoms with Crippen molar-refractivity contribution in [2.24, 2.45) is 0 Å². The van der Waals surface area contributed by atoms with E-state index < -0.39 is 5.97 Å². The SMILES string of the molecule is Cc1cc(Cl)ccc1OCc1ccnc(C(=O)O)c1. The van der Waals surface area contributed by atoms with Crippen molar-refractivity contribution < 1.29 is 14.6 Å². The Morgan fingerprint density at radius 3 is 2.84 bits per heavy atom. The summed E-state index contributed by atoms with van der Waals surface area (Å²) in [5.74, 6) is -0.331. The zero-order valence-corrected chi connectivity index (χ0v) is 11.0. The number of nitrogens with zero attached hydrogens (tertiary/aromatic N) is 1. The van der Waals surface area contributed by atoms with Gasteiger partial charge < -0.3 is 9.84 Å². The third-order valence-electron chi connectivity index (χ3n) is 2.57. The van der Waals surface area contributed by atoms with E-state index in [-0.39, 0.29) is 12.3 Å². The fourth-order valence-electron chi connectivity index (χ4n) is 1.62. The number of benzene rings is 1. The van der Waals surface area contributed by atoms with Crippen LogP contribution in [-0.2, 0) is 6.61 Å². The largest absolute Gasteiger partial charge is 0.489 e. The standard InChI is InChI=1S/C14H12ClNO3/c1-9-6-11(15)2-3-13(9)19-8-10-4-5-16-12(7-10)14(17)18/h2-7H,8H2,1H3,(H,17,18). The van der Waals surface area contributed by atoms with Crippen LogP contribution in [0.3, 0.4) is 0 Å². The molecule has 98 valence electrons.